The van der Waals surface area contributed by atoms with Gasteiger partial charge < -0.3 is 4.74 Å². The standard InChI is InChI=1S/C18H17N3O/c1-18(22-2)6-5-13-7-12(3-4-14(13)9-18)15-8-16-17(19-10-15)11-20-21-16/h3-8,10-11H,9H2,1-2H3,(H,20,21). The molecule has 1 aliphatic rings. The molecule has 0 aliphatic heterocycles. The Labute approximate surface area is 128 Å². The van der Waals surface area contributed by atoms with Crippen LogP contribution in [0.3, 0.4) is 0 Å². The molecule has 1 aromatic carbocycles. The first-order valence-corrected chi connectivity index (χ1v) is 7.34. The molecular formula is C18H17N3O. The lowest BCUT2D eigenvalue weighted by Gasteiger charge is -2.29. The fraction of sp³-hybridized carbons (Fsp3) is 0.222. The first-order chi connectivity index (χ1) is 10.7. The predicted molar refractivity (Wildman–Crippen MR) is 87.5 cm³/mol. The van der Waals surface area contributed by atoms with Crippen LogP contribution in [0.4, 0.5) is 0 Å². The van der Waals surface area contributed by atoms with Gasteiger partial charge in [-0.25, -0.2) is 0 Å². The summed E-state index contributed by atoms with van der Waals surface area (Å²) in [7, 11) is 1.76. The van der Waals surface area contributed by atoms with Gasteiger partial charge in [-0.05, 0) is 35.7 Å². The van der Waals surface area contributed by atoms with Gasteiger partial charge in [0.05, 0.1) is 17.3 Å². The first-order valence-electron chi connectivity index (χ1n) is 7.34. The van der Waals surface area contributed by atoms with Crippen LogP contribution < -0.4 is 0 Å². The number of aromatic nitrogens is 3. The summed E-state index contributed by atoms with van der Waals surface area (Å²) in [6, 6.07) is 8.62. The number of rotatable bonds is 2. The average Bonchev–Trinajstić information content (AvgIpc) is 3.02. The molecule has 0 radical (unpaired) electrons. The minimum atomic E-state index is -0.203. The highest BCUT2D eigenvalue weighted by molar-refractivity contribution is 5.80. The van der Waals surface area contributed by atoms with Gasteiger partial charge in [-0.2, -0.15) is 5.10 Å². The van der Waals surface area contributed by atoms with Crippen molar-refractivity contribution >= 4 is 17.1 Å². The summed E-state index contributed by atoms with van der Waals surface area (Å²) in [5.41, 5.74) is 6.45. The molecule has 0 saturated carbocycles. The van der Waals surface area contributed by atoms with Gasteiger partial charge in [-0.1, -0.05) is 24.3 Å². The van der Waals surface area contributed by atoms with E-state index in [9.17, 15) is 0 Å². The number of ether oxygens (including phenoxy) is 1. The lowest BCUT2D eigenvalue weighted by atomic mass is 9.86. The number of methoxy groups -OCH3 is 1. The molecule has 4 rings (SSSR count). The van der Waals surface area contributed by atoms with Crippen LogP contribution in [0.25, 0.3) is 28.2 Å². The molecule has 110 valence electrons. The molecule has 1 unspecified atom stereocenters. The Morgan fingerprint density at radius 1 is 1.18 bits per heavy atom. The third-order valence-electron chi connectivity index (χ3n) is 4.39. The lowest BCUT2D eigenvalue weighted by Crippen LogP contribution is -2.29. The van der Waals surface area contributed by atoms with E-state index in [4.69, 9.17) is 4.74 Å². The summed E-state index contributed by atoms with van der Waals surface area (Å²) < 4.78 is 5.58. The normalized spacial score (nSPS) is 20.3. The molecule has 0 bridgehead atoms. The number of nitrogens with zero attached hydrogens (tertiary/aromatic N) is 2. The van der Waals surface area contributed by atoms with E-state index >= 15 is 0 Å². The minimum absolute atomic E-state index is 0.203. The van der Waals surface area contributed by atoms with E-state index in [1.807, 2.05) is 6.20 Å². The molecular weight excluding hydrogens is 274 g/mol. The van der Waals surface area contributed by atoms with Gasteiger partial charge in [-0.15, -0.1) is 0 Å². The number of hydrogen-bond acceptors (Lipinski definition) is 3. The van der Waals surface area contributed by atoms with Gasteiger partial charge in [0.15, 0.2) is 0 Å². The van der Waals surface area contributed by atoms with Crippen molar-refractivity contribution < 1.29 is 4.74 Å². The van der Waals surface area contributed by atoms with Crippen LogP contribution in [0.1, 0.15) is 18.1 Å². The zero-order valence-electron chi connectivity index (χ0n) is 12.6. The van der Waals surface area contributed by atoms with Crippen molar-refractivity contribution in [2.24, 2.45) is 0 Å². The highest BCUT2D eigenvalue weighted by Crippen LogP contribution is 2.31. The van der Waals surface area contributed by atoms with E-state index < -0.39 is 0 Å². The van der Waals surface area contributed by atoms with Gasteiger partial charge in [-0.3, -0.25) is 10.1 Å². The summed E-state index contributed by atoms with van der Waals surface area (Å²) in [4.78, 5) is 4.43. The molecule has 1 aliphatic carbocycles. The maximum absolute atomic E-state index is 5.58. The SMILES string of the molecule is COC1(C)C=Cc2cc(-c3cnc4cn[nH]c4c3)ccc2C1. The summed E-state index contributed by atoms with van der Waals surface area (Å²) in [6.45, 7) is 2.11. The third-order valence-corrected chi connectivity index (χ3v) is 4.39. The molecule has 22 heavy (non-hydrogen) atoms. The van der Waals surface area contributed by atoms with Gasteiger partial charge in [0.2, 0.25) is 0 Å². The van der Waals surface area contributed by atoms with E-state index in [-0.39, 0.29) is 5.60 Å². The highest BCUT2D eigenvalue weighted by atomic mass is 16.5. The largest absolute Gasteiger partial charge is 0.374 e. The van der Waals surface area contributed by atoms with Gasteiger partial charge >= 0.3 is 0 Å². The van der Waals surface area contributed by atoms with Crippen LogP contribution in [-0.4, -0.2) is 27.9 Å². The Balaban J connectivity index is 1.76. The minimum Gasteiger partial charge on any atom is -0.374 e. The second kappa shape index (κ2) is 4.78. The quantitative estimate of drug-likeness (QED) is 0.785. The van der Waals surface area contributed by atoms with E-state index in [0.717, 1.165) is 28.6 Å². The number of fused-ring (bicyclic) bond motifs is 2. The van der Waals surface area contributed by atoms with E-state index in [2.05, 4.69) is 58.5 Å². The Morgan fingerprint density at radius 3 is 2.95 bits per heavy atom. The maximum Gasteiger partial charge on any atom is 0.108 e. The van der Waals surface area contributed by atoms with Crippen molar-refractivity contribution in [3.05, 3.63) is 53.9 Å². The van der Waals surface area contributed by atoms with E-state index in [1.165, 1.54) is 11.1 Å². The van der Waals surface area contributed by atoms with Crippen LogP contribution in [0, 0.1) is 0 Å². The van der Waals surface area contributed by atoms with E-state index in [1.54, 1.807) is 13.3 Å². The fourth-order valence-corrected chi connectivity index (χ4v) is 2.92. The van der Waals surface area contributed by atoms with Gasteiger partial charge in [0, 0.05) is 25.3 Å². The van der Waals surface area contributed by atoms with Crippen LogP contribution in [0.5, 0.6) is 0 Å². The molecule has 2 heterocycles. The summed E-state index contributed by atoms with van der Waals surface area (Å²) in [6.07, 6.45) is 8.81. The Morgan fingerprint density at radius 2 is 2.09 bits per heavy atom. The molecule has 3 aromatic rings. The van der Waals surface area contributed by atoms with Crippen molar-refractivity contribution in [3.8, 4) is 11.1 Å². The number of aromatic amines is 1. The predicted octanol–water partition coefficient (Wildman–Crippen LogP) is 3.60. The van der Waals surface area contributed by atoms with Crippen molar-refractivity contribution in [3.63, 3.8) is 0 Å². The number of hydrogen-bond donors (Lipinski definition) is 1. The zero-order valence-corrected chi connectivity index (χ0v) is 12.6. The molecule has 1 N–H and O–H groups in total. The molecule has 4 nitrogen and oxygen atoms in total. The second-order valence-electron chi connectivity index (χ2n) is 5.97. The van der Waals surface area contributed by atoms with Crippen LogP contribution >= 0.6 is 0 Å². The summed E-state index contributed by atoms with van der Waals surface area (Å²) >= 11 is 0. The molecule has 0 saturated heterocycles. The van der Waals surface area contributed by atoms with E-state index in [0.29, 0.717) is 0 Å². The summed E-state index contributed by atoms with van der Waals surface area (Å²) in [5.74, 6) is 0. The second-order valence-corrected chi connectivity index (χ2v) is 5.97. The zero-order chi connectivity index (χ0) is 15.2. The van der Waals surface area contributed by atoms with Crippen molar-refractivity contribution in [2.75, 3.05) is 7.11 Å². The smallest absolute Gasteiger partial charge is 0.108 e. The number of benzene rings is 1. The van der Waals surface area contributed by atoms with Crippen LogP contribution in [-0.2, 0) is 11.2 Å². The van der Waals surface area contributed by atoms with Crippen LogP contribution in [0.2, 0.25) is 0 Å². The van der Waals surface area contributed by atoms with Gasteiger partial charge in [0.25, 0.3) is 0 Å². The number of pyridine rings is 1. The maximum atomic E-state index is 5.58. The van der Waals surface area contributed by atoms with Crippen molar-refractivity contribution in [1.29, 1.82) is 0 Å². The Kier molecular flexibility index (Phi) is 2.87. The summed E-state index contributed by atoms with van der Waals surface area (Å²) in [5, 5.41) is 6.99. The third kappa shape index (κ3) is 2.12. The fourth-order valence-electron chi connectivity index (χ4n) is 2.92. The lowest BCUT2D eigenvalue weighted by molar-refractivity contribution is 0.0488. The molecule has 0 amide bonds. The van der Waals surface area contributed by atoms with Crippen molar-refractivity contribution in [2.45, 2.75) is 18.9 Å². The van der Waals surface area contributed by atoms with Gasteiger partial charge in [0.1, 0.15) is 5.52 Å². The average molecular weight is 291 g/mol. The molecule has 4 heteroatoms. The van der Waals surface area contributed by atoms with Crippen LogP contribution in [0.15, 0.2) is 42.7 Å². The molecule has 0 fully saturated rings. The molecule has 0 spiro atoms. The Hall–Kier alpha value is -2.46. The Bertz CT molecular complexity index is 881. The number of nitrogens with one attached hydrogen (secondary N) is 1. The topological polar surface area (TPSA) is 50.8 Å². The molecule has 2 aromatic heterocycles. The number of H-pyrrole nitrogens is 1. The van der Waals surface area contributed by atoms with Crippen molar-refractivity contribution in [1.82, 2.24) is 15.2 Å². The molecule has 1 atom stereocenters. The highest BCUT2D eigenvalue weighted by Gasteiger charge is 2.25. The monoisotopic (exact) mass is 291 g/mol. The first kappa shape index (κ1) is 13.2.